The van der Waals surface area contributed by atoms with Gasteiger partial charge in [-0.3, -0.25) is 0 Å². The SMILES string of the molecule is O=C(O)c1cc(NBr)c(NBr)c(C(=O)O)c1NBr. The summed E-state index contributed by atoms with van der Waals surface area (Å²) in [6.45, 7) is 0. The topological polar surface area (TPSA) is 111 Å². The van der Waals surface area contributed by atoms with Gasteiger partial charge in [0, 0.05) is 48.4 Å². The number of hydrogen-bond acceptors (Lipinski definition) is 5. The van der Waals surface area contributed by atoms with Crippen LogP contribution in [0.25, 0.3) is 0 Å². The molecule has 5 N–H and O–H groups in total. The lowest BCUT2D eigenvalue weighted by Crippen LogP contribution is -2.11. The van der Waals surface area contributed by atoms with Crippen molar-refractivity contribution in [2.75, 3.05) is 13.0 Å². The molecule has 0 heterocycles. The highest BCUT2D eigenvalue weighted by Crippen LogP contribution is 2.37. The van der Waals surface area contributed by atoms with Crippen molar-refractivity contribution in [3.8, 4) is 0 Å². The smallest absolute Gasteiger partial charge is 0.340 e. The van der Waals surface area contributed by atoms with Crippen LogP contribution in [0, 0.1) is 0 Å². The van der Waals surface area contributed by atoms with E-state index in [1.54, 1.807) is 0 Å². The van der Waals surface area contributed by atoms with E-state index < -0.39 is 11.9 Å². The van der Waals surface area contributed by atoms with E-state index >= 15 is 0 Å². The summed E-state index contributed by atoms with van der Waals surface area (Å²) in [6.07, 6.45) is 0. The molecule has 0 saturated heterocycles. The molecule has 0 unspecified atom stereocenters. The van der Waals surface area contributed by atoms with Crippen LogP contribution < -0.4 is 13.0 Å². The molecule has 1 aromatic rings. The molecule has 0 aliphatic heterocycles. The Balaban J connectivity index is 3.75. The van der Waals surface area contributed by atoms with Crippen LogP contribution in [0.1, 0.15) is 20.7 Å². The highest BCUT2D eigenvalue weighted by Gasteiger charge is 2.25. The maximum absolute atomic E-state index is 11.2. The third kappa shape index (κ3) is 2.70. The summed E-state index contributed by atoms with van der Waals surface area (Å²) in [5.41, 5.74) is -0.0636. The Kier molecular flexibility index (Phi) is 5.23. The van der Waals surface area contributed by atoms with Gasteiger partial charge in [0.05, 0.1) is 22.6 Å². The normalized spacial score (nSPS) is 9.72. The van der Waals surface area contributed by atoms with Crippen molar-refractivity contribution in [3.05, 3.63) is 17.2 Å². The van der Waals surface area contributed by atoms with E-state index in [1.807, 2.05) is 0 Å². The molecular weight excluding hydrogens is 442 g/mol. The summed E-state index contributed by atoms with van der Waals surface area (Å²) in [7, 11) is 0. The molecule has 98 valence electrons. The minimum Gasteiger partial charge on any atom is -0.478 e. The molecule has 0 atom stereocenters. The van der Waals surface area contributed by atoms with Crippen molar-refractivity contribution in [1.29, 1.82) is 0 Å². The molecule has 0 aliphatic rings. The lowest BCUT2D eigenvalue weighted by molar-refractivity contribution is 0.0696. The number of rotatable bonds is 5. The van der Waals surface area contributed by atoms with Crippen LogP contribution in [-0.2, 0) is 0 Å². The summed E-state index contributed by atoms with van der Waals surface area (Å²) in [5.74, 6) is -2.55. The van der Waals surface area contributed by atoms with Crippen molar-refractivity contribution < 1.29 is 19.8 Å². The van der Waals surface area contributed by atoms with Gasteiger partial charge in [-0.25, -0.2) is 9.59 Å². The van der Waals surface area contributed by atoms with Gasteiger partial charge in [0.15, 0.2) is 0 Å². The predicted molar refractivity (Wildman–Crippen MR) is 78.0 cm³/mol. The van der Waals surface area contributed by atoms with Gasteiger partial charge < -0.3 is 23.2 Å². The molecule has 0 fully saturated rings. The van der Waals surface area contributed by atoms with Crippen molar-refractivity contribution in [2.24, 2.45) is 0 Å². The van der Waals surface area contributed by atoms with Crippen molar-refractivity contribution in [3.63, 3.8) is 0 Å². The number of benzene rings is 1. The zero-order valence-corrected chi connectivity index (χ0v) is 13.2. The molecule has 0 aromatic heterocycles. The fourth-order valence-corrected chi connectivity index (χ4v) is 2.47. The quantitative estimate of drug-likeness (QED) is 0.441. The second-order valence-electron chi connectivity index (χ2n) is 2.99. The van der Waals surface area contributed by atoms with Crippen molar-refractivity contribution in [2.45, 2.75) is 0 Å². The number of nitrogens with one attached hydrogen (secondary N) is 3. The van der Waals surface area contributed by atoms with Crippen LogP contribution in [-0.4, -0.2) is 22.2 Å². The molecule has 0 saturated carbocycles. The molecular formula is C8H6Br3N3O4. The van der Waals surface area contributed by atoms with Crippen LogP contribution in [0.3, 0.4) is 0 Å². The standard InChI is InChI=1S/C8H6Br3N3O4/c9-12-3-1-2(7(15)16)5(13-10)4(8(17)18)6(3)14-11/h1,12-14H,(H,15,16)(H,17,18). The monoisotopic (exact) mass is 445 g/mol. The molecule has 0 amide bonds. The van der Waals surface area contributed by atoms with Crippen molar-refractivity contribution >= 4 is 77.4 Å². The third-order valence-electron chi connectivity index (χ3n) is 2.06. The van der Waals surface area contributed by atoms with Gasteiger partial charge in [-0.15, -0.1) is 0 Å². The first-order chi connectivity index (χ1) is 8.47. The Morgan fingerprint density at radius 2 is 1.50 bits per heavy atom. The van der Waals surface area contributed by atoms with Crippen LogP contribution in [0.4, 0.5) is 17.1 Å². The van der Waals surface area contributed by atoms with E-state index in [0.717, 1.165) is 0 Å². The van der Waals surface area contributed by atoms with E-state index in [1.165, 1.54) is 6.07 Å². The van der Waals surface area contributed by atoms with E-state index in [4.69, 9.17) is 5.11 Å². The molecule has 7 nitrogen and oxygen atoms in total. The molecule has 10 heteroatoms. The Morgan fingerprint density at radius 3 is 1.83 bits per heavy atom. The molecule has 0 bridgehead atoms. The number of anilines is 3. The molecule has 1 rings (SSSR count). The second-order valence-corrected chi connectivity index (χ2v) is 4.18. The predicted octanol–water partition coefficient (Wildman–Crippen LogP) is 3.25. The molecule has 1 aromatic carbocycles. The van der Waals surface area contributed by atoms with E-state index in [9.17, 15) is 14.7 Å². The average molecular weight is 448 g/mol. The maximum atomic E-state index is 11.2. The first-order valence-corrected chi connectivity index (χ1v) is 6.63. The average Bonchev–Trinajstić information content (AvgIpc) is 2.35. The Morgan fingerprint density at radius 1 is 0.944 bits per heavy atom. The Bertz CT molecular complexity index is 509. The van der Waals surface area contributed by atoms with Crippen LogP contribution >= 0.6 is 48.4 Å². The number of carboxylic acids is 2. The van der Waals surface area contributed by atoms with Crippen LogP contribution in [0.15, 0.2) is 6.07 Å². The van der Waals surface area contributed by atoms with Crippen LogP contribution in [0.5, 0.6) is 0 Å². The molecule has 0 radical (unpaired) electrons. The summed E-state index contributed by atoms with van der Waals surface area (Å²) < 4.78 is 7.46. The molecule has 18 heavy (non-hydrogen) atoms. The van der Waals surface area contributed by atoms with Gasteiger partial charge in [-0.05, 0) is 6.07 Å². The Labute approximate surface area is 127 Å². The summed E-state index contributed by atoms with van der Waals surface area (Å²) in [6, 6.07) is 1.27. The van der Waals surface area contributed by atoms with Crippen molar-refractivity contribution in [1.82, 2.24) is 0 Å². The minimum atomic E-state index is -1.29. The minimum absolute atomic E-state index is 0.0662. The van der Waals surface area contributed by atoms with Gasteiger partial charge in [0.1, 0.15) is 5.56 Å². The van der Waals surface area contributed by atoms with Gasteiger partial charge in [-0.2, -0.15) is 0 Å². The number of halogens is 3. The third-order valence-corrected chi connectivity index (χ3v) is 3.28. The highest BCUT2D eigenvalue weighted by molar-refractivity contribution is 9.10. The summed E-state index contributed by atoms with van der Waals surface area (Å²) in [4.78, 5) is 22.3. The van der Waals surface area contributed by atoms with Gasteiger partial charge in [0.25, 0.3) is 0 Å². The lowest BCUT2D eigenvalue weighted by atomic mass is 10.0. The number of carboxylic acid groups (broad SMARTS) is 2. The lowest BCUT2D eigenvalue weighted by Gasteiger charge is -2.16. The zero-order chi connectivity index (χ0) is 13.9. The highest BCUT2D eigenvalue weighted by atomic mass is 79.9. The fourth-order valence-electron chi connectivity index (χ4n) is 1.34. The van der Waals surface area contributed by atoms with Gasteiger partial charge in [0.2, 0.25) is 0 Å². The largest absolute Gasteiger partial charge is 0.478 e. The second kappa shape index (κ2) is 6.25. The van der Waals surface area contributed by atoms with E-state index in [2.05, 4.69) is 61.5 Å². The fraction of sp³-hybridized carbons (Fsp3) is 0. The summed E-state index contributed by atoms with van der Waals surface area (Å²) >= 11 is 8.72. The van der Waals surface area contributed by atoms with E-state index in [0.29, 0.717) is 0 Å². The number of carbonyl (C=O) groups is 2. The summed E-state index contributed by atoms with van der Waals surface area (Å²) in [5, 5.41) is 18.2. The number of aromatic carboxylic acids is 2. The molecule has 0 aliphatic carbocycles. The zero-order valence-electron chi connectivity index (χ0n) is 8.42. The van der Waals surface area contributed by atoms with Gasteiger partial charge in [-0.1, -0.05) is 0 Å². The molecule has 0 spiro atoms. The van der Waals surface area contributed by atoms with E-state index in [-0.39, 0.29) is 28.2 Å². The Hall–Kier alpha value is -1.00. The van der Waals surface area contributed by atoms with Gasteiger partial charge >= 0.3 is 11.9 Å². The first-order valence-electron chi connectivity index (χ1n) is 4.25. The maximum Gasteiger partial charge on any atom is 0.340 e. The number of hydrogen-bond donors (Lipinski definition) is 5. The first kappa shape index (κ1) is 15.1. The van der Waals surface area contributed by atoms with Crippen LogP contribution in [0.2, 0.25) is 0 Å².